The van der Waals surface area contributed by atoms with E-state index in [9.17, 15) is 21.6 Å². The van der Waals surface area contributed by atoms with Crippen LogP contribution in [-0.2, 0) is 20.8 Å². The van der Waals surface area contributed by atoms with Gasteiger partial charge in [0.2, 0.25) is 0 Å². The number of aryl methyl sites for hydroxylation is 1. The molecule has 3 rings (SSSR count). The Kier molecular flexibility index (Phi) is 5.81. The van der Waals surface area contributed by atoms with E-state index >= 15 is 0 Å². The number of ether oxygens (including phenoxy) is 1. The first-order valence-electron chi connectivity index (χ1n) is 8.68. The molecule has 0 radical (unpaired) electrons. The minimum absolute atomic E-state index is 0.0547. The van der Waals surface area contributed by atoms with Crippen molar-refractivity contribution in [3.63, 3.8) is 0 Å². The SMILES string of the molecule is COCCS(=O)(=O)c1ccc(-c2cc(C(F)(F)F)nn2-c2cccc(C)c2)cc1. The van der Waals surface area contributed by atoms with Gasteiger partial charge in [-0.25, -0.2) is 13.1 Å². The second-order valence-electron chi connectivity index (χ2n) is 6.50. The number of aromatic nitrogens is 2. The molecule has 0 saturated heterocycles. The first-order valence-corrected chi connectivity index (χ1v) is 10.3. The van der Waals surface area contributed by atoms with Crippen LogP contribution in [0, 0.1) is 6.92 Å². The second-order valence-corrected chi connectivity index (χ2v) is 8.61. The lowest BCUT2D eigenvalue weighted by Crippen LogP contribution is -2.11. The summed E-state index contributed by atoms with van der Waals surface area (Å²) in [4.78, 5) is 0.0796. The Bertz CT molecular complexity index is 1100. The van der Waals surface area contributed by atoms with E-state index in [-0.39, 0.29) is 22.9 Å². The van der Waals surface area contributed by atoms with Gasteiger partial charge in [-0.15, -0.1) is 0 Å². The van der Waals surface area contributed by atoms with Crippen LogP contribution in [0.15, 0.2) is 59.5 Å². The molecule has 9 heteroatoms. The van der Waals surface area contributed by atoms with Crippen molar-refractivity contribution in [1.29, 1.82) is 0 Å². The van der Waals surface area contributed by atoms with Gasteiger partial charge in [-0.1, -0.05) is 24.3 Å². The lowest BCUT2D eigenvalue weighted by Gasteiger charge is -2.09. The first-order chi connectivity index (χ1) is 13.6. The third-order valence-corrected chi connectivity index (χ3v) is 6.01. The molecule has 0 amide bonds. The summed E-state index contributed by atoms with van der Waals surface area (Å²) < 4.78 is 70.3. The van der Waals surface area contributed by atoms with Crippen LogP contribution in [0.3, 0.4) is 0 Å². The molecule has 2 aromatic carbocycles. The Morgan fingerprint density at radius 3 is 2.34 bits per heavy atom. The standard InChI is InChI=1S/C20H19F3N2O3S/c1-14-4-3-5-16(12-14)25-18(13-19(24-25)20(21,22)23)15-6-8-17(9-7-15)29(26,27)11-10-28-2/h3-9,12-13H,10-11H2,1-2H3. The zero-order valence-corrected chi connectivity index (χ0v) is 16.6. The fraction of sp³-hybridized carbons (Fsp3) is 0.250. The highest BCUT2D eigenvalue weighted by atomic mass is 32.2. The number of hydrogen-bond donors (Lipinski definition) is 0. The summed E-state index contributed by atoms with van der Waals surface area (Å²) >= 11 is 0. The molecule has 5 nitrogen and oxygen atoms in total. The van der Waals surface area contributed by atoms with E-state index in [1.807, 2.05) is 13.0 Å². The lowest BCUT2D eigenvalue weighted by molar-refractivity contribution is -0.141. The summed E-state index contributed by atoms with van der Waals surface area (Å²) in [5, 5.41) is 3.74. The molecule has 1 aromatic heterocycles. The van der Waals surface area contributed by atoms with Gasteiger partial charge >= 0.3 is 6.18 Å². The molecule has 0 saturated carbocycles. The Labute approximate surface area is 166 Å². The molecule has 0 atom stereocenters. The van der Waals surface area contributed by atoms with Gasteiger partial charge in [0.15, 0.2) is 15.5 Å². The minimum atomic E-state index is -4.60. The third kappa shape index (κ3) is 4.68. The van der Waals surface area contributed by atoms with Crippen LogP contribution in [-0.4, -0.2) is 37.7 Å². The average molecular weight is 424 g/mol. The zero-order chi connectivity index (χ0) is 21.2. The molecule has 0 spiro atoms. The van der Waals surface area contributed by atoms with Crippen LogP contribution >= 0.6 is 0 Å². The van der Waals surface area contributed by atoms with Crippen molar-refractivity contribution >= 4 is 9.84 Å². The smallest absolute Gasteiger partial charge is 0.384 e. The van der Waals surface area contributed by atoms with E-state index in [4.69, 9.17) is 4.74 Å². The Balaban J connectivity index is 2.07. The maximum atomic E-state index is 13.3. The zero-order valence-electron chi connectivity index (χ0n) is 15.8. The highest BCUT2D eigenvalue weighted by molar-refractivity contribution is 7.91. The number of alkyl halides is 3. The van der Waals surface area contributed by atoms with Crippen molar-refractivity contribution in [2.24, 2.45) is 0 Å². The monoisotopic (exact) mass is 424 g/mol. The van der Waals surface area contributed by atoms with Gasteiger partial charge in [0, 0.05) is 12.7 Å². The summed E-state index contributed by atoms with van der Waals surface area (Å²) in [6.07, 6.45) is -4.60. The van der Waals surface area contributed by atoms with Crippen LogP contribution in [0.4, 0.5) is 13.2 Å². The van der Waals surface area contributed by atoms with E-state index in [1.165, 1.54) is 36.1 Å². The molecule has 1 heterocycles. The Hall–Kier alpha value is -2.65. The molecule has 3 aromatic rings. The number of hydrogen-bond acceptors (Lipinski definition) is 4. The van der Waals surface area contributed by atoms with E-state index in [2.05, 4.69) is 5.10 Å². The molecule has 0 aliphatic carbocycles. The van der Waals surface area contributed by atoms with Crippen LogP contribution in [0.2, 0.25) is 0 Å². The fourth-order valence-corrected chi connectivity index (χ4v) is 4.00. The Morgan fingerprint density at radius 1 is 1.07 bits per heavy atom. The van der Waals surface area contributed by atoms with E-state index < -0.39 is 21.7 Å². The third-order valence-electron chi connectivity index (χ3n) is 4.31. The van der Waals surface area contributed by atoms with Crippen molar-refractivity contribution in [2.75, 3.05) is 19.5 Å². The van der Waals surface area contributed by atoms with E-state index in [0.29, 0.717) is 11.3 Å². The van der Waals surface area contributed by atoms with Gasteiger partial charge in [-0.05, 0) is 42.8 Å². The van der Waals surface area contributed by atoms with Crippen LogP contribution in [0.5, 0.6) is 0 Å². The molecular formula is C20H19F3N2O3S. The number of rotatable bonds is 6. The van der Waals surface area contributed by atoms with Crippen molar-refractivity contribution in [3.05, 3.63) is 65.9 Å². The normalized spacial score (nSPS) is 12.3. The fourth-order valence-electron chi connectivity index (χ4n) is 2.83. The van der Waals surface area contributed by atoms with Crippen LogP contribution < -0.4 is 0 Å². The highest BCUT2D eigenvalue weighted by Gasteiger charge is 2.35. The van der Waals surface area contributed by atoms with Crippen LogP contribution in [0.25, 0.3) is 16.9 Å². The maximum absolute atomic E-state index is 13.3. The van der Waals surface area contributed by atoms with Crippen LogP contribution in [0.1, 0.15) is 11.3 Å². The summed E-state index contributed by atoms with van der Waals surface area (Å²) in [7, 11) is -2.13. The number of sulfone groups is 1. The molecule has 154 valence electrons. The Morgan fingerprint density at radius 2 is 1.76 bits per heavy atom. The predicted molar refractivity (Wildman–Crippen MR) is 103 cm³/mol. The second kappa shape index (κ2) is 8.00. The highest BCUT2D eigenvalue weighted by Crippen LogP contribution is 2.33. The molecule has 0 fully saturated rings. The van der Waals surface area contributed by atoms with Crippen molar-refractivity contribution in [1.82, 2.24) is 9.78 Å². The summed E-state index contributed by atoms with van der Waals surface area (Å²) in [6, 6.07) is 13.6. The van der Waals surface area contributed by atoms with Crippen molar-refractivity contribution < 1.29 is 26.3 Å². The van der Waals surface area contributed by atoms with E-state index in [0.717, 1.165) is 11.6 Å². The quantitative estimate of drug-likeness (QED) is 0.592. The molecule has 0 aliphatic heterocycles. The summed E-state index contributed by atoms with van der Waals surface area (Å²) in [6.45, 7) is 1.89. The first kappa shape index (κ1) is 21.1. The molecule has 0 aliphatic rings. The molecule has 0 bridgehead atoms. The number of halogens is 3. The summed E-state index contributed by atoms with van der Waals surface area (Å²) in [5.41, 5.74) is 0.958. The van der Waals surface area contributed by atoms with Crippen molar-refractivity contribution in [3.8, 4) is 16.9 Å². The van der Waals surface area contributed by atoms with Gasteiger partial charge in [0.1, 0.15) is 0 Å². The largest absolute Gasteiger partial charge is 0.435 e. The predicted octanol–water partition coefficient (Wildman–Crippen LogP) is 4.29. The lowest BCUT2D eigenvalue weighted by atomic mass is 10.1. The number of nitrogens with zero attached hydrogens (tertiary/aromatic N) is 2. The van der Waals surface area contributed by atoms with Gasteiger partial charge in [-0.2, -0.15) is 18.3 Å². The molecule has 0 N–H and O–H groups in total. The van der Waals surface area contributed by atoms with Gasteiger partial charge < -0.3 is 4.74 Å². The average Bonchev–Trinajstić information content (AvgIpc) is 3.12. The van der Waals surface area contributed by atoms with Gasteiger partial charge in [-0.3, -0.25) is 0 Å². The van der Waals surface area contributed by atoms with E-state index in [1.54, 1.807) is 18.2 Å². The van der Waals surface area contributed by atoms with Gasteiger partial charge in [0.25, 0.3) is 0 Å². The minimum Gasteiger partial charge on any atom is -0.384 e. The molecular weight excluding hydrogens is 405 g/mol. The number of methoxy groups -OCH3 is 1. The maximum Gasteiger partial charge on any atom is 0.435 e. The van der Waals surface area contributed by atoms with Crippen molar-refractivity contribution in [2.45, 2.75) is 18.0 Å². The molecule has 29 heavy (non-hydrogen) atoms. The summed E-state index contributed by atoms with van der Waals surface area (Å²) in [5.74, 6) is -0.178. The topological polar surface area (TPSA) is 61.2 Å². The molecule has 0 unspecified atom stereocenters. The van der Waals surface area contributed by atoms with Gasteiger partial charge in [0.05, 0.1) is 28.6 Å². The number of benzene rings is 2.